The summed E-state index contributed by atoms with van der Waals surface area (Å²) in [5.41, 5.74) is 2.29. The highest BCUT2D eigenvalue weighted by Gasteiger charge is 2.24. The second kappa shape index (κ2) is 6.80. The van der Waals surface area contributed by atoms with E-state index in [9.17, 15) is 9.59 Å². The van der Waals surface area contributed by atoms with Crippen LogP contribution in [-0.2, 0) is 4.79 Å². The zero-order chi connectivity index (χ0) is 15.4. The zero-order valence-corrected chi connectivity index (χ0v) is 13.0. The van der Waals surface area contributed by atoms with Crippen molar-refractivity contribution in [2.24, 2.45) is 0 Å². The van der Waals surface area contributed by atoms with E-state index in [2.05, 4.69) is 0 Å². The van der Waals surface area contributed by atoms with Crippen LogP contribution in [0.5, 0.6) is 0 Å². The third kappa shape index (κ3) is 4.11. The largest absolute Gasteiger partial charge is 0.478 e. The molecule has 2 rings (SSSR count). The molecule has 0 aromatic heterocycles. The molecule has 112 valence electrons. The molecule has 1 aromatic rings. The van der Waals surface area contributed by atoms with E-state index in [0.29, 0.717) is 11.6 Å². The van der Waals surface area contributed by atoms with E-state index in [-0.39, 0.29) is 5.91 Å². The maximum Gasteiger partial charge on any atom is 0.328 e. The third-order valence-corrected chi connectivity index (χ3v) is 4.68. The van der Waals surface area contributed by atoms with Gasteiger partial charge in [-0.25, -0.2) is 4.79 Å². The molecule has 1 saturated heterocycles. The first-order valence-electron chi connectivity index (χ1n) is 6.85. The minimum absolute atomic E-state index is 0.00354. The second-order valence-electron chi connectivity index (χ2n) is 5.24. The van der Waals surface area contributed by atoms with Gasteiger partial charge in [-0.05, 0) is 48.4 Å². The van der Waals surface area contributed by atoms with Gasteiger partial charge in [0, 0.05) is 30.5 Å². The number of carboxylic acids is 1. The van der Waals surface area contributed by atoms with Crippen molar-refractivity contribution in [1.29, 1.82) is 0 Å². The van der Waals surface area contributed by atoms with Gasteiger partial charge in [-0.1, -0.05) is 6.07 Å². The Balaban J connectivity index is 2.22. The molecule has 1 aliphatic rings. The summed E-state index contributed by atoms with van der Waals surface area (Å²) in [6.45, 7) is 1.90. The van der Waals surface area contributed by atoms with Gasteiger partial charge < -0.3 is 10.0 Å². The van der Waals surface area contributed by atoms with Crippen molar-refractivity contribution in [3.63, 3.8) is 0 Å². The lowest BCUT2D eigenvalue weighted by molar-refractivity contribution is -0.131. The highest BCUT2D eigenvalue weighted by Crippen LogP contribution is 2.23. The number of hydrogen-bond donors (Lipinski definition) is 1. The molecular formula is C16H19NO3S. The van der Waals surface area contributed by atoms with Crippen LogP contribution in [-0.4, -0.2) is 46.5 Å². The van der Waals surface area contributed by atoms with E-state index < -0.39 is 5.97 Å². The Morgan fingerprint density at radius 3 is 2.76 bits per heavy atom. The summed E-state index contributed by atoms with van der Waals surface area (Å²) in [6.07, 6.45) is 3.63. The molecule has 0 aliphatic carbocycles. The number of amides is 1. The molecule has 0 spiro atoms. The fourth-order valence-electron chi connectivity index (χ4n) is 2.40. The molecule has 4 nitrogen and oxygen atoms in total. The van der Waals surface area contributed by atoms with Crippen LogP contribution in [0.1, 0.15) is 27.9 Å². The topological polar surface area (TPSA) is 57.6 Å². The number of hydrogen-bond acceptors (Lipinski definition) is 3. The minimum atomic E-state index is -0.996. The van der Waals surface area contributed by atoms with Crippen LogP contribution in [0.3, 0.4) is 0 Å². The average molecular weight is 305 g/mol. The van der Waals surface area contributed by atoms with Crippen molar-refractivity contribution in [2.75, 3.05) is 18.6 Å². The Labute approximate surface area is 128 Å². The summed E-state index contributed by atoms with van der Waals surface area (Å²) in [5.74, 6) is 1.09. The Bertz CT molecular complexity index is 577. The van der Waals surface area contributed by atoms with Crippen LogP contribution in [0, 0.1) is 6.92 Å². The summed E-state index contributed by atoms with van der Waals surface area (Å²) >= 11 is 1.87. The van der Waals surface area contributed by atoms with E-state index in [1.807, 2.05) is 37.9 Å². The fraction of sp³-hybridized carbons (Fsp3) is 0.375. The summed E-state index contributed by atoms with van der Waals surface area (Å²) in [7, 11) is 1.84. The van der Waals surface area contributed by atoms with Crippen molar-refractivity contribution in [2.45, 2.75) is 19.4 Å². The highest BCUT2D eigenvalue weighted by molar-refractivity contribution is 7.99. The second-order valence-corrected chi connectivity index (χ2v) is 6.39. The molecule has 1 aromatic carbocycles. The number of nitrogens with zero attached hydrogens (tertiary/aromatic N) is 1. The molecule has 1 heterocycles. The van der Waals surface area contributed by atoms with Gasteiger partial charge in [0.05, 0.1) is 0 Å². The van der Waals surface area contributed by atoms with Gasteiger partial charge in [0.15, 0.2) is 0 Å². The Morgan fingerprint density at radius 1 is 1.38 bits per heavy atom. The summed E-state index contributed by atoms with van der Waals surface area (Å²) in [4.78, 5) is 24.9. The van der Waals surface area contributed by atoms with Gasteiger partial charge in [0.2, 0.25) is 0 Å². The molecule has 5 heteroatoms. The molecule has 1 unspecified atom stereocenters. The maximum atomic E-state index is 12.6. The van der Waals surface area contributed by atoms with Gasteiger partial charge >= 0.3 is 5.97 Å². The van der Waals surface area contributed by atoms with E-state index in [4.69, 9.17) is 5.11 Å². The highest BCUT2D eigenvalue weighted by atomic mass is 32.2. The molecule has 1 aliphatic heterocycles. The summed E-state index contributed by atoms with van der Waals surface area (Å²) in [5, 5.41) is 8.69. The molecular weight excluding hydrogens is 286 g/mol. The van der Waals surface area contributed by atoms with E-state index in [1.54, 1.807) is 11.0 Å². The van der Waals surface area contributed by atoms with Crippen LogP contribution < -0.4 is 0 Å². The lowest BCUT2D eigenvalue weighted by Crippen LogP contribution is -2.37. The lowest BCUT2D eigenvalue weighted by Gasteiger charge is -2.24. The Hall–Kier alpha value is -1.75. The lowest BCUT2D eigenvalue weighted by atomic mass is 10.0. The summed E-state index contributed by atoms with van der Waals surface area (Å²) < 4.78 is 0. The van der Waals surface area contributed by atoms with Crippen molar-refractivity contribution >= 4 is 29.7 Å². The number of aryl methyl sites for hydroxylation is 1. The molecule has 1 amide bonds. The van der Waals surface area contributed by atoms with E-state index in [0.717, 1.165) is 35.1 Å². The number of benzene rings is 1. The van der Waals surface area contributed by atoms with E-state index in [1.165, 1.54) is 6.08 Å². The van der Waals surface area contributed by atoms with Crippen molar-refractivity contribution < 1.29 is 14.7 Å². The first-order valence-corrected chi connectivity index (χ1v) is 8.00. The average Bonchev–Trinajstić information content (AvgIpc) is 2.97. The number of thioether (sulfide) groups is 1. The van der Waals surface area contributed by atoms with Crippen LogP contribution in [0.25, 0.3) is 6.08 Å². The van der Waals surface area contributed by atoms with E-state index >= 15 is 0 Å². The first kappa shape index (κ1) is 15.6. The van der Waals surface area contributed by atoms with Crippen LogP contribution in [0.15, 0.2) is 24.3 Å². The Morgan fingerprint density at radius 2 is 2.14 bits per heavy atom. The predicted molar refractivity (Wildman–Crippen MR) is 85.7 cm³/mol. The molecule has 0 radical (unpaired) electrons. The number of rotatable bonds is 4. The number of carboxylic acid groups (broad SMARTS) is 1. The molecule has 0 saturated carbocycles. The van der Waals surface area contributed by atoms with Crippen LogP contribution in [0.4, 0.5) is 0 Å². The van der Waals surface area contributed by atoms with Crippen molar-refractivity contribution in [3.8, 4) is 0 Å². The third-order valence-electron chi connectivity index (χ3n) is 3.54. The smallest absolute Gasteiger partial charge is 0.328 e. The monoisotopic (exact) mass is 305 g/mol. The van der Waals surface area contributed by atoms with Gasteiger partial charge in [-0.2, -0.15) is 11.8 Å². The predicted octanol–water partition coefficient (Wildman–Crippen LogP) is 2.67. The number of aliphatic carboxylic acids is 1. The van der Waals surface area contributed by atoms with Gasteiger partial charge in [0.1, 0.15) is 0 Å². The first-order chi connectivity index (χ1) is 9.97. The SMILES string of the molecule is Cc1cc(/C=C/C(=O)O)cc(C(=O)N(C)C2CCSC2)c1. The van der Waals surface area contributed by atoms with Gasteiger partial charge in [-0.15, -0.1) is 0 Å². The zero-order valence-electron chi connectivity index (χ0n) is 12.2. The maximum absolute atomic E-state index is 12.6. The molecule has 1 N–H and O–H groups in total. The number of carbonyl (C=O) groups excluding carboxylic acids is 1. The summed E-state index contributed by atoms with van der Waals surface area (Å²) in [6, 6.07) is 5.75. The van der Waals surface area contributed by atoms with Crippen molar-refractivity contribution in [3.05, 3.63) is 41.0 Å². The fourth-order valence-corrected chi connectivity index (χ4v) is 3.66. The van der Waals surface area contributed by atoms with Gasteiger partial charge in [0.25, 0.3) is 5.91 Å². The standard InChI is InChI=1S/C16H19NO3S/c1-11-7-12(3-4-15(18)19)9-13(8-11)16(20)17(2)14-5-6-21-10-14/h3-4,7-9,14H,5-6,10H2,1-2H3,(H,18,19)/b4-3+. The van der Waals surface area contributed by atoms with Crippen LogP contribution >= 0.6 is 11.8 Å². The van der Waals surface area contributed by atoms with Gasteiger partial charge in [-0.3, -0.25) is 4.79 Å². The molecule has 0 bridgehead atoms. The molecule has 1 fully saturated rings. The molecule has 21 heavy (non-hydrogen) atoms. The number of carbonyl (C=O) groups is 2. The minimum Gasteiger partial charge on any atom is -0.478 e. The van der Waals surface area contributed by atoms with Crippen molar-refractivity contribution in [1.82, 2.24) is 4.90 Å². The Kier molecular flexibility index (Phi) is 5.07. The normalized spacial score (nSPS) is 18.1. The quantitative estimate of drug-likeness (QED) is 0.869. The van der Waals surface area contributed by atoms with Crippen LogP contribution in [0.2, 0.25) is 0 Å². The molecule has 1 atom stereocenters.